The molecule has 4 aromatic rings. The average molecular weight is 446 g/mol. The maximum absolute atomic E-state index is 12.5. The summed E-state index contributed by atoms with van der Waals surface area (Å²) in [6, 6.07) is 15.5. The van der Waals surface area contributed by atoms with Gasteiger partial charge in [-0.1, -0.05) is 23.5 Å². The number of benzene rings is 2. The molecule has 5 rings (SSSR count). The lowest BCUT2D eigenvalue weighted by atomic mass is 10.0. The Bertz CT molecular complexity index is 1300. The molecule has 2 aromatic heterocycles. The smallest absolute Gasteiger partial charge is 0.262 e. The fourth-order valence-electron chi connectivity index (χ4n) is 3.86. The topological polar surface area (TPSA) is 73.3 Å². The van der Waals surface area contributed by atoms with Crippen LogP contribution in [0.1, 0.15) is 25.0 Å². The van der Waals surface area contributed by atoms with Crippen LogP contribution in [0, 0.1) is 6.92 Å². The molecule has 7 heteroatoms. The molecule has 0 fully saturated rings. The number of anilines is 1. The van der Waals surface area contributed by atoms with E-state index in [0.717, 1.165) is 49.9 Å². The number of thiazole rings is 1. The molecule has 1 N–H and O–H groups in total. The molecule has 1 aliphatic rings. The molecule has 32 heavy (non-hydrogen) atoms. The number of aryl methyl sites for hydroxylation is 1. The highest BCUT2D eigenvalue weighted by Gasteiger charge is 2.32. The summed E-state index contributed by atoms with van der Waals surface area (Å²) < 4.78 is 11.8. The van der Waals surface area contributed by atoms with Crippen LogP contribution in [0.2, 0.25) is 0 Å². The zero-order valence-electron chi connectivity index (χ0n) is 18.1. The van der Waals surface area contributed by atoms with Crippen molar-refractivity contribution in [3.8, 4) is 22.1 Å². The van der Waals surface area contributed by atoms with E-state index in [1.165, 1.54) is 0 Å². The molecule has 3 heterocycles. The largest absolute Gasteiger partial charge is 0.483 e. The summed E-state index contributed by atoms with van der Waals surface area (Å²) >= 11 is 1.55. The average Bonchev–Trinajstić information content (AvgIpc) is 3.33. The van der Waals surface area contributed by atoms with Crippen LogP contribution in [0.15, 0.2) is 54.7 Å². The van der Waals surface area contributed by atoms with Crippen molar-refractivity contribution in [2.75, 3.05) is 11.9 Å². The molecule has 0 radical (unpaired) electrons. The molecule has 2 aromatic carbocycles. The summed E-state index contributed by atoms with van der Waals surface area (Å²) in [7, 11) is 0. The third-order valence-electron chi connectivity index (χ3n) is 5.33. The van der Waals surface area contributed by atoms with Crippen molar-refractivity contribution in [1.82, 2.24) is 9.97 Å². The molecule has 1 aliphatic heterocycles. The van der Waals surface area contributed by atoms with Crippen LogP contribution >= 0.6 is 11.3 Å². The van der Waals surface area contributed by atoms with Crippen molar-refractivity contribution in [2.45, 2.75) is 32.8 Å². The SMILES string of the molecule is Cc1cc(-c2nc3cccnc3s2)ccc1NC(=O)COc1cccc2c1OC(C)(C)C2. The zero-order valence-corrected chi connectivity index (χ0v) is 19.0. The normalized spacial score (nSPS) is 14.1. The molecule has 162 valence electrons. The van der Waals surface area contributed by atoms with Gasteiger partial charge in [-0.3, -0.25) is 4.79 Å². The van der Waals surface area contributed by atoms with Crippen LogP contribution in [0.4, 0.5) is 5.69 Å². The van der Waals surface area contributed by atoms with E-state index in [0.29, 0.717) is 5.75 Å². The van der Waals surface area contributed by atoms with Gasteiger partial charge in [0.05, 0.1) is 0 Å². The number of para-hydroxylation sites is 1. The van der Waals surface area contributed by atoms with Gasteiger partial charge < -0.3 is 14.8 Å². The van der Waals surface area contributed by atoms with Gasteiger partial charge in [-0.05, 0) is 62.7 Å². The fraction of sp³-hybridized carbons (Fsp3) is 0.240. The highest BCUT2D eigenvalue weighted by molar-refractivity contribution is 7.21. The number of fused-ring (bicyclic) bond motifs is 2. The van der Waals surface area contributed by atoms with Crippen molar-refractivity contribution < 1.29 is 14.3 Å². The maximum Gasteiger partial charge on any atom is 0.262 e. The van der Waals surface area contributed by atoms with Gasteiger partial charge in [0, 0.05) is 29.4 Å². The summed E-state index contributed by atoms with van der Waals surface area (Å²) in [5, 5.41) is 3.84. The molecule has 0 atom stereocenters. The highest BCUT2D eigenvalue weighted by atomic mass is 32.1. The summed E-state index contributed by atoms with van der Waals surface area (Å²) in [5.74, 6) is 1.11. The molecular weight excluding hydrogens is 422 g/mol. The summed E-state index contributed by atoms with van der Waals surface area (Å²) in [5.41, 5.74) is 4.43. The Kier molecular flexibility index (Phi) is 5.06. The second-order valence-corrected chi connectivity index (χ2v) is 9.47. The summed E-state index contributed by atoms with van der Waals surface area (Å²) in [4.78, 5) is 22.5. The number of hydrogen-bond donors (Lipinski definition) is 1. The predicted molar refractivity (Wildman–Crippen MR) is 127 cm³/mol. The Hall–Kier alpha value is -3.45. The number of carbonyl (C=O) groups is 1. The number of carbonyl (C=O) groups excluding carboxylic acids is 1. The lowest BCUT2D eigenvalue weighted by molar-refractivity contribution is -0.118. The van der Waals surface area contributed by atoms with E-state index >= 15 is 0 Å². The Morgan fingerprint density at radius 2 is 2.09 bits per heavy atom. The van der Waals surface area contributed by atoms with Gasteiger partial charge in [0.1, 0.15) is 21.0 Å². The van der Waals surface area contributed by atoms with Crippen LogP contribution in [0.5, 0.6) is 11.5 Å². The number of ether oxygens (including phenoxy) is 2. The standard InChI is InChI=1S/C25H23N3O3S/c1-15-12-16(23-28-19-7-5-11-26-24(19)32-23)9-10-18(15)27-21(29)14-30-20-8-4-6-17-13-25(2,3)31-22(17)20/h4-12H,13-14H2,1-3H3,(H,27,29). The molecule has 0 aliphatic carbocycles. The molecule has 0 bridgehead atoms. The van der Waals surface area contributed by atoms with Gasteiger partial charge in [0.25, 0.3) is 5.91 Å². The Morgan fingerprint density at radius 1 is 1.22 bits per heavy atom. The second-order valence-electron chi connectivity index (χ2n) is 8.50. The minimum absolute atomic E-state index is 0.0923. The predicted octanol–water partition coefficient (Wildman–Crippen LogP) is 5.40. The minimum Gasteiger partial charge on any atom is -0.483 e. The first-order valence-corrected chi connectivity index (χ1v) is 11.3. The van der Waals surface area contributed by atoms with Crippen molar-refractivity contribution in [2.24, 2.45) is 0 Å². The van der Waals surface area contributed by atoms with E-state index in [9.17, 15) is 4.79 Å². The molecule has 0 saturated heterocycles. The first kappa shape index (κ1) is 20.5. The summed E-state index contributed by atoms with van der Waals surface area (Å²) in [6.07, 6.45) is 2.59. The molecule has 6 nitrogen and oxygen atoms in total. The third-order valence-corrected chi connectivity index (χ3v) is 6.36. The highest BCUT2D eigenvalue weighted by Crippen LogP contribution is 2.41. The van der Waals surface area contributed by atoms with Crippen molar-refractivity contribution >= 4 is 33.3 Å². The first-order valence-electron chi connectivity index (χ1n) is 10.4. The lowest BCUT2D eigenvalue weighted by Gasteiger charge is -2.18. The molecule has 0 spiro atoms. The number of aromatic nitrogens is 2. The Morgan fingerprint density at radius 3 is 2.91 bits per heavy atom. The van der Waals surface area contributed by atoms with E-state index in [1.807, 2.05) is 69.3 Å². The fourth-order valence-corrected chi connectivity index (χ4v) is 4.76. The summed E-state index contributed by atoms with van der Waals surface area (Å²) in [6.45, 7) is 5.96. The number of nitrogens with one attached hydrogen (secondary N) is 1. The van der Waals surface area contributed by atoms with Crippen LogP contribution in [0.3, 0.4) is 0 Å². The number of amides is 1. The van der Waals surface area contributed by atoms with E-state index in [-0.39, 0.29) is 18.1 Å². The van der Waals surface area contributed by atoms with Crippen LogP contribution in [-0.4, -0.2) is 28.1 Å². The van der Waals surface area contributed by atoms with Gasteiger partial charge >= 0.3 is 0 Å². The molecule has 0 saturated carbocycles. The third kappa shape index (κ3) is 4.03. The van der Waals surface area contributed by atoms with Gasteiger partial charge in [0.2, 0.25) is 0 Å². The number of nitrogens with zero attached hydrogens (tertiary/aromatic N) is 2. The van der Waals surface area contributed by atoms with E-state index < -0.39 is 0 Å². The van der Waals surface area contributed by atoms with Crippen LogP contribution in [0.25, 0.3) is 20.9 Å². The Labute approximate surface area is 190 Å². The quantitative estimate of drug-likeness (QED) is 0.445. The van der Waals surface area contributed by atoms with E-state index in [4.69, 9.17) is 9.47 Å². The van der Waals surface area contributed by atoms with Gasteiger partial charge in [0.15, 0.2) is 18.1 Å². The van der Waals surface area contributed by atoms with Crippen molar-refractivity contribution in [1.29, 1.82) is 0 Å². The number of rotatable bonds is 5. The van der Waals surface area contributed by atoms with Gasteiger partial charge in [-0.15, -0.1) is 0 Å². The monoisotopic (exact) mass is 445 g/mol. The molecule has 1 amide bonds. The van der Waals surface area contributed by atoms with E-state index in [2.05, 4.69) is 15.3 Å². The number of pyridine rings is 1. The van der Waals surface area contributed by atoms with Crippen LogP contribution < -0.4 is 14.8 Å². The first-order chi connectivity index (χ1) is 15.4. The zero-order chi connectivity index (χ0) is 22.3. The molecule has 0 unspecified atom stereocenters. The van der Waals surface area contributed by atoms with Gasteiger partial charge in [-0.2, -0.15) is 0 Å². The van der Waals surface area contributed by atoms with Crippen LogP contribution in [-0.2, 0) is 11.2 Å². The van der Waals surface area contributed by atoms with Crippen molar-refractivity contribution in [3.05, 3.63) is 65.9 Å². The van der Waals surface area contributed by atoms with Crippen molar-refractivity contribution in [3.63, 3.8) is 0 Å². The molecular formula is C25H23N3O3S. The lowest BCUT2D eigenvalue weighted by Crippen LogP contribution is -2.25. The second kappa shape index (κ2) is 7.91. The van der Waals surface area contributed by atoms with Gasteiger partial charge in [-0.25, -0.2) is 9.97 Å². The van der Waals surface area contributed by atoms with E-state index in [1.54, 1.807) is 17.5 Å². The minimum atomic E-state index is -0.262. The number of hydrogen-bond acceptors (Lipinski definition) is 6. The Balaban J connectivity index is 1.26. The maximum atomic E-state index is 12.5.